The lowest BCUT2D eigenvalue weighted by molar-refractivity contribution is -0.187. The van der Waals surface area contributed by atoms with Crippen molar-refractivity contribution in [2.24, 2.45) is 16.7 Å². The van der Waals surface area contributed by atoms with Gasteiger partial charge in [-0.25, -0.2) is 0 Å². The smallest absolute Gasteiger partial charge is 0.120 e. The molecule has 2 spiro atoms. The highest BCUT2D eigenvalue weighted by Gasteiger charge is 2.59. The van der Waals surface area contributed by atoms with Gasteiger partial charge in [0.15, 0.2) is 0 Å². The van der Waals surface area contributed by atoms with E-state index in [4.69, 9.17) is 4.74 Å². The maximum absolute atomic E-state index is 6.60. The van der Waals surface area contributed by atoms with Crippen LogP contribution >= 0.6 is 0 Å². The van der Waals surface area contributed by atoms with Gasteiger partial charge in [-0.3, -0.25) is 5.32 Å². The van der Waals surface area contributed by atoms with Crippen LogP contribution in [0.2, 0.25) is 0 Å². The minimum absolute atomic E-state index is 0.00623. The molecule has 2 unspecified atom stereocenters. The Morgan fingerprint density at radius 3 is 2.29 bits per heavy atom. The summed E-state index contributed by atoms with van der Waals surface area (Å²) in [6.45, 7) is 10.6. The van der Waals surface area contributed by atoms with Crippen LogP contribution in [0.1, 0.15) is 59.8 Å². The molecule has 0 bridgehead atoms. The number of hydrogen-bond donors (Lipinski definition) is 1. The van der Waals surface area contributed by atoms with Crippen molar-refractivity contribution in [2.75, 3.05) is 6.54 Å². The molecule has 1 aliphatic heterocycles. The molecule has 2 atom stereocenters. The summed E-state index contributed by atoms with van der Waals surface area (Å²) in [6, 6.07) is 0. The average molecular weight is 237 g/mol. The first-order chi connectivity index (χ1) is 7.87. The maximum Gasteiger partial charge on any atom is 0.120 e. The first-order valence-corrected chi connectivity index (χ1v) is 7.29. The topological polar surface area (TPSA) is 21.3 Å². The molecule has 3 rings (SSSR count). The highest BCUT2D eigenvalue weighted by molar-refractivity contribution is 5.09. The van der Waals surface area contributed by atoms with E-state index in [9.17, 15) is 0 Å². The molecule has 0 aromatic rings. The lowest BCUT2D eigenvalue weighted by Crippen LogP contribution is -2.59. The van der Waals surface area contributed by atoms with E-state index >= 15 is 0 Å². The van der Waals surface area contributed by atoms with E-state index in [1.54, 1.807) is 0 Å². The zero-order chi connectivity index (χ0) is 12.3. The van der Waals surface area contributed by atoms with E-state index in [2.05, 4.69) is 33.0 Å². The molecule has 2 heteroatoms. The third kappa shape index (κ3) is 1.94. The van der Waals surface area contributed by atoms with Crippen LogP contribution in [-0.4, -0.2) is 18.4 Å². The minimum Gasteiger partial charge on any atom is -0.357 e. The molecule has 1 heterocycles. The fourth-order valence-electron chi connectivity index (χ4n) is 4.05. The Bertz CT molecular complexity index is 319. The number of rotatable bonds is 1. The first-order valence-electron chi connectivity index (χ1n) is 7.29. The molecule has 1 N–H and O–H groups in total. The summed E-state index contributed by atoms with van der Waals surface area (Å²) in [5.74, 6) is 0.653. The first kappa shape index (κ1) is 12.0. The maximum atomic E-state index is 6.60. The van der Waals surface area contributed by atoms with Gasteiger partial charge in [-0.05, 0) is 43.4 Å². The Morgan fingerprint density at radius 2 is 1.82 bits per heavy atom. The van der Waals surface area contributed by atoms with Crippen LogP contribution in [0, 0.1) is 16.7 Å². The minimum atomic E-state index is 0.00623. The van der Waals surface area contributed by atoms with E-state index in [-0.39, 0.29) is 5.72 Å². The number of ether oxygens (including phenoxy) is 1. The van der Waals surface area contributed by atoms with Crippen molar-refractivity contribution in [3.8, 4) is 0 Å². The second-order valence-corrected chi connectivity index (χ2v) is 7.83. The molecule has 2 saturated carbocycles. The highest BCUT2D eigenvalue weighted by atomic mass is 16.5. The van der Waals surface area contributed by atoms with Gasteiger partial charge in [0.25, 0.3) is 0 Å². The van der Waals surface area contributed by atoms with E-state index in [0.717, 1.165) is 0 Å². The highest BCUT2D eigenvalue weighted by Crippen LogP contribution is 2.57. The van der Waals surface area contributed by atoms with Gasteiger partial charge in [0.1, 0.15) is 5.72 Å². The monoisotopic (exact) mass is 237 g/mol. The van der Waals surface area contributed by atoms with Gasteiger partial charge in [0.2, 0.25) is 0 Å². The molecule has 0 amide bonds. The van der Waals surface area contributed by atoms with Crippen molar-refractivity contribution in [3.63, 3.8) is 0 Å². The second kappa shape index (κ2) is 3.48. The van der Waals surface area contributed by atoms with Gasteiger partial charge >= 0.3 is 0 Å². The second-order valence-electron chi connectivity index (χ2n) is 7.83. The summed E-state index contributed by atoms with van der Waals surface area (Å²) in [7, 11) is 0. The summed E-state index contributed by atoms with van der Waals surface area (Å²) >= 11 is 0. The molecular weight excluding hydrogens is 210 g/mol. The zero-order valence-corrected chi connectivity index (χ0v) is 11.8. The SMILES string of the molecule is CC(C)C1OC2(CCC(C)(C)C2)NCC12CC2. The van der Waals surface area contributed by atoms with Crippen LogP contribution in [0.4, 0.5) is 0 Å². The predicted octanol–water partition coefficient (Wildman–Crippen LogP) is 3.32. The van der Waals surface area contributed by atoms with Crippen molar-refractivity contribution >= 4 is 0 Å². The summed E-state index contributed by atoms with van der Waals surface area (Å²) in [6.07, 6.45) is 6.87. The van der Waals surface area contributed by atoms with E-state index in [1.165, 1.54) is 38.6 Å². The molecule has 0 radical (unpaired) electrons. The van der Waals surface area contributed by atoms with Crippen molar-refractivity contribution in [2.45, 2.75) is 71.6 Å². The zero-order valence-electron chi connectivity index (χ0n) is 11.8. The Morgan fingerprint density at radius 1 is 1.12 bits per heavy atom. The van der Waals surface area contributed by atoms with Gasteiger partial charge in [-0.1, -0.05) is 27.7 Å². The van der Waals surface area contributed by atoms with Crippen LogP contribution in [0.25, 0.3) is 0 Å². The standard InChI is InChI=1S/C15H27NO/c1-11(2)12-14(6-7-14)10-16-15(17-12)8-5-13(3,4)9-15/h11-12,16H,5-10H2,1-4H3. The predicted molar refractivity (Wildman–Crippen MR) is 69.7 cm³/mol. The fourth-order valence-corrected chi connectivity index (χ4v) is 4.05. The summed E-state index contributed by atoms with van der Waals surface area (Å²) in [5.41, 5.74) is 0.945. The molecule has 17 heavy (non-hydrogen) atoms. The van der Waals surface area contributed by atoms with E-state index in [1.807, 2.05) is 0 Å². The Kier molecular flexibility index (Phi) is 2.45. The number of hydrogen-bond acceptors (Lipinski definition) is 2. The molecule has 2 aliphatic carbocycles. The third-order valence-corrected chi connectivity index (χ3v) is 5.19. The molecular formula is C15H27NO. The molecule has 0 aromatic carbocycles. The number of nitrogens with one attached hydrogen (secondary N) is 1. The van der Waals surface area contributed by atoms with E-state index in [0.29, 0.717) is 22.9 Å². The van der Waals surface area contributed by atoms with Crippen LogP contribution in [-0.2, 0) is 4.74 Å². The summed E-state index contributed by atoms with van der Waals surface area (Å²) < 4.78 is 6.60. The fraction of sp³-hybridized carbons (Fsp3) is 1.00. The van der Waals surface area contributed by atoms with Gasteiger partial charge in [-0.2, -0.15) is 0 Å². The molecule has 3 aliphatic rings. The van der Waals surface area contributed by atoms with Crippen LogP contribution in [0.3, 0.4) is 0 Å². The molecule has 1 saturated heterocycles. The molecule has 0 aromatic heterocycles. The Balaban J connectivity index is 1.78. The average Bonchev–Trinajstić information content (AvgIpc) is 2.94. The molecule has 2 nitrogen and oxygen atoms in total. The van der Waals surface area contributed by atoms with Crippen LogP contribution in [0.15, 0.2) is 0 Å². The van der Waals surface area contributed by atoms with Crippen molar-refractivity contribution < 1.29 is 4.74 Å². The lowest BCUT2D eigenvalue weighted by Gasteiger charge is -2.47. The molecule has 3 fully saturated rings. The quantitative estimate of drug-likeness (QED) is 0.755. The van der Waals surface area contributed by atoms with E-state index < -0.39 is 0 Å². The van der Waals surface area contributed by atoms with Gasteiger partial charge < -0.3 is 4.74 Å². The van der Waals surface area contributed by atoms with Gasteiger partial charge in [-0.15, -0.1) is 0 Å². The Hall–Kier alpha value is -0.0800. The van der Waals surface area contributed by atoms with Crippen molar-refractivity contribution in [1.29, 1.82) is 0 Å². The molecule has 98 valence electrons. The van der Waals surface area contributed by atoms with Crippen LogP contribution in [0.5, 0.6) is 0 Å². The normalized spacial score (nSPS) is 42.5. The van der Waals surface area contributed by atoms with Crippen molar-refractivity contribution in [1.82, 2.24) is 5.32 Å². The lowest BCUT2D eigenvalue weighted by atomic mass is 9.85. The summed E-state index contributed by atoms with van der Waals surface area (Å²) in [5, 5.41) is 3.77. The van der Waals surface area contributed by atoms with Gasteiger partial charge in [0.05, 0.1) is 6.10 Å². The summed E-state index contributed by atoms with van der Waals surface area (Å²) in [4.78, 5) is 0. The Labute approximate surface area is 105 Å². The third-order valence-electron chi connectivity index (χ3n) is 5.19. The largest absolute Gasteiger partial charge is 0.357 e. The van der Waals surface area contributed by atoms with Gasteiger partial charge in [0, 0.05) is 12.0 Å². The van der Waals surface area contributed by atoms with Crippen molar-refractivity contribution in [3.05, 3.63) is 0 Å². The van der Waals surface area contributed by atoms with Crippen LogP contribution < -0.4 is 5.32 Å².